The van der Waals surface area contributed by atoms with Crippen LogP contribution in [0.15, 0.2) is 25.3 Å². The Morgan fingerprint density at radius 3 is 2.29 bits per heavy atom. The van der Waals surface area contributed by atoms with Crippen LogP contribution >= 0.6 is 23.2 Å². The van der Waals surface area contributed by atoms with Crippen LogP contribution in [-0.4, -0.2) is 75.6 Å². The molecule has 3 rings (SSSR count). The summed E-state index contributed by atoms with van der Waals surface area (Å²) < 4.78 is 4.24. The maximum Gasteiger partial charge on any atom is 0.408 e. The molecule has 2 saturated carbocycles. The largest absolute Gasteiger partial charge is 0.444 e. The number of fused-ring (bicyclic) bond motifs is 1. The fourth-order valence-electron chi connectivity index (χ4n) is 5.82. The number of nitrogens with one attached hydrogen (secondary N) is 3. The zero-order chi connectivity index (χ0) is 30.5. The van der Waals surface area contributed by atoms with E-state index in [-0.39, 0.29) is 31.3 Å². The molecule has 4 amide bonds. The van der Waals surface area contributed by atoms with E-state index in [9.17, 15) is 24.0 Å². The highest BCUT2D eigenvalue weighted by Crippen LogP contribution is 2.65. The molecule has 0 spiro atoms. The van der Waals surface area contributed by atoms with Crippen molar-refractivity contribution in [3.05, 3.63) is 25.3 Å². The van der Waals surface area contributed by atoms with Crippen molar-refractivity contribution in [2.45, 2.75) is 93.8 Å². The van der Waals surface area contributed by atoms with Crippen molar-refractivity contribution in [3.8, 4) is 0 Å². The number of carbonyl (C=O) groups is 5. The molecule has 12 heteroatoms. The minimum absolute atomic E-state index is 0.0928. The molecule has 0 bridgehead atoms. The number of likely N-dealkylation sites (tertiary alicyclic amines) is 1. The lowest BCUT2D eigenvalue weighted by atomic mass is 9.83. The van der Waals surface area contributed by atoms with Gasteiger partial charge in [0.1, 0.15) is 22.0 Å². The first-order valence-corrected chi connectivity index (χ1v) is 15.0. The summed E-state index contributed by atoms with van der Waals surface area (Å²) in [4.78, 5) is 67.3. The Balaban J connectivity index is 1.85. The number of ether oxygens (including phenoxy) is 1. The first-order chi connectivity index (χ1) is 19.2. The van der Waals surface area contributed by atoms with Gasteiger partial charge >= 0.3 is 6.09 Å². The summed E-state index contributed by atoms with van der Waals surface area (Å²) in [5.74, 6) is -3.77. The second-order valence-corrected chi connectivity index (χ2v) is 13.5. The quantitative estimate of drug-likeness (QED) is 0.176. The Kier molecular flexibility index (Phi) is 10.9. The van der Waals surface area contributed by atoms with Gasteiger partial charge in [0.05, 0.1) is 6.04 Å². The molecular formula is C29H42Cl2N4O6. The van der Waals surface area contributed by atoms with Gasteiger partial charge in [0.15, 0.2) is 0 Å². The molecule has 3 fully saturated rings. The molecule has 1 aliphatic heterocycles. The molecule has 0 aromatic rings. The fourth-order valence-corrected chi connectivity index (χ4v) is 6.64. The van der Waals surface area contributed by atoms with E-state index in [1.54, 1.807) is 26.8 Å². The number of Topliss-reactive ketones (excluding diaryl/α,β-unsaturated/α-hetero) is 1. The third-order valence-electron chi connectivity index (χ3n) is 7.87. The molecule has 1 saturated heterocycles. The number of hydrogen-bond acceptors (Lipinski definition) is 6. The van der Waals surface area contributed by atoms with Gasteiger partial charge in [-0.25, -0.2) is 4.79 Å². The number of hydrogen-bond donors (Lipinski definition) is 3. The van der Waals surface area contributed by atoms with Crippen molar-refractivity contribution >= 4 is 52.8 Å². The van der Waals surface area contributed by atoms with Crippen LogP contribution in [0.4, 0.5) is 4.79 Å². The first-order valence-electron chi connectivity index (χ1n) is 14.2. The van der Waals surface area contributed by atoms with Gasteiger partial charge in [-0.05, 0) is 52.4 Å². The van der Waals surface area contributed by atoms with Crippen LogP contribution in [0.5, 0.6) is 0 Å². The summed E-state index contributed by atoms with van der Waals surface area (Å²) in [5.41, 5.74) is -0.760. The number of amides is 4. The van der Waals surface area contributed by atoms with Gasteiger partial charge in [-0.1, -0.05) is 31.4 Å². The number of halogens is 2. The zero-order valence-corrected chi connectivity index (χ0v) is 25.6. The molecule has 10 nitrogen and oxygen atoms in total. The lowest BCUT2D eigenvalue weighted by Crippen LogP contribution is -2.60. The number of allylic oxidation sites excluding steroid dienone is 1. The number of alkyl halides is 2. The number of alkyl carbamates (subject to hydrolysis) is 1. The predicted molar refractivity (Wildman–Crippen MR) is 156 cm³/mol. The Bertz CT molecular complexity index is 1050. The number of rotatable bonds is 12. The lowest BCUT2D eigenvalue weighted by molar-refractivity contribution is -0.144. The second kappa shape index (κ2) is 13.6. The summed E-state index contributed by atoms with van der Waals surface area (Å²) in [7, 11) is 0. The summed E-state index contributed by atoms with van der Waals surface area (Å²) in [6.07, 6.45) is 7.20. The highest BCUT2D eigenvalue weighted by Gasteiger charge is 2.74. The van der Waals surface area contributed by atoms with Crippen molar-refractivity contribution in [2.24, 2.45) is 17.8 Å². The van der Waals surface area contributed by atoms with Crippen LogP contribution in [0.2, 0.25) is 0 Å². The molecule has 1 unspecified atom stereocenters. The fraction of sp³-hybridized carbons (Fsp3) is 0.690. The van der Waals surface area contributed by atoms with Gasteiger partial charge < -0.3 is 25.6 Å². The molecule has 5 atom stereocenters. The van der Waals surface area contributed by atoms with Gasteiger partial charge in [0.25, 0.3) is 5.91 Å². The van der Waals surface area contributed by atoms with Gasteiger partial charge in [-0.15, -0.1) is 36.4 Å². The van der Waals surface area contributed by atoms with E-state index in [1.165, 1.54) is 11.0 Å². The van der Waals surface area contributed by atoms with E-state index < -0.39 is 63.6 Å². The van der Waals surface area contributed by atoms with Crippen molar-refractivity contribution in [3.63, 3.8) is 0 Å². The molecular weight excluding hydrogens is 571 g/mol. The Morgan fingerprint density at radius 1 is 1.05 bits per heavy atom. The molecule has 1 heterocycles. The second-order valence-electron chi connectivity index (χ2n) is 12.1. The van der Waals surface area contributed by atoms with Crippen LogP contribution in [0.1, 0.15) is 65.7 Å². The molecule has 0 aromatic heterocycles. The average molecular weight is 614 g/mol. The highest BCUT2D eigenvalue weighted by atomic mass is 35.5. The number of ketones is 1. The molecule has 0 aromatic carbocycles. The standard InChI is InChI=1S/C29H42Cl2N4O6/c1-6-8-14-19(23(36)25(38)32-15-7-2)33-24(37)22-20-18(29(20,30)31)16-35(22)26(39)21(17-12-10-9-11-13-17)34-27(40)41-28(3,4)5/h6-7,17-22H,1-2,8-16H2,3-5H3,(H,32,38)(H,33,37)(H,34,40)/t18-,19?,20-,21-,22-/m0/s1. The van der Waals surface area contributed by atoms with Gasteiger partial charge in [0, 0.05) is 24.9 Å². The third-order valence-corrected chi connectivity index (χ3v) is 8.93. The van der Waals surface area contributed by atoms with E-state index in [2.05, 4.69) is 29.1 Å². The minimum atomic E-state index is -1.21. The zero-order valence-electron chi connectivity index (χ0n) is 24.0. The van der Waals surface area contributed by atoms with Gasteiger partial charge in [-0.2, -0.15) is 0 Å². The van der Waals surface area contributed by atoms with Crippen molar-refractivity contribution in [2.75, 3.05) is 13.1 Å². The Morgan fingerprint density at radius 2 is 1.71 bits per heavy atom. The van der Waals surface area contributed by atoms with E-state index in [1.807, 2.05) is 0 Å². The van der Waals surface area contributed by atoms with Crippen LogP contribution < -0.4 is 16.0 Å². The number of carbonyl (C=O) groups excluding carboxylic acids is 5. The number of nitrogens with zero attached hydrogens (tertiary/aromatic N) is 1. The third kappa shape index (κ3) is 8.03. The van der Waals surface area contributed by atoms with Crippen molar-refractivity contribution in [1.29, 1.82) is 0 Å². The first kappa shape index (κ1) is 32.9. The van der Waals surface area contributed by atoms with E-state index >= 15 is 0 Å². The maximum absolute atomic E-state index is 14.1. The SMILES string of the molecule is C=CCCC(NC(=O)[C@@H]1[C@@H]2[C@H](CN1C(=O)[C@@H](NC(=O)OC(C)(C)C)C1CCCCC1)C2(Cl)Cl)C(=O)C(=O)NCC=C. The highest BCUT2D eigenvalue weighted by molar-refractivity contribution is 6.51. The minimum Gasteiger partial charge on any atom is -0.444 e. The normalized spacial score (nSPS) is 24.7. The van der Waals surface area contributed by atoms with Gasteiger partial charge in [0.2, 0.25) is 17.6 Å². The molecule has 3 aliphatic rings. The van der Waals surface area contributed by atoms with Crippen LogP contribution in [0.3, 0.4) is 0 Å². The number of piperidine rings is 1. The summed E-state index contributed by atoms with van der Waals surface area (Å²) >= 11 is 13.0. The topological polar surface area (TPSA) is 134 Å². The molecule has 0 radical (unpaired) electrons. The smallest absolute Gasteiger partial charge is 0.408 e. The Hall–Kier alpha value is -2.59. The molecule has 41 heavy (non-hydrogen) atoms. The maximum atomic E-state index is 14.1. The van der Waals surface area contributed by atoms with Crippen LogP contribution in [-0.2, 0) is 23.9 Å². The lowest BCUT2D eigenvalue weighted by Gasteiger charge is -2.36. The summed E-state index contributed by atoms with van der Waals surface area (Å²) in [5, 5.41) is 7.88. The van der Waals surface area contributed by atoms with Crippen molar-refractivity contribution in [1.82, 2.24) is 20.9 Å². The monoisotopic (exact) mass is 612 g/mol. The summed E-state index contributed by atoms with van der Waals surface area (Å²) in [6.45, 7) is 12.6. The Labute approximate surface area is 251 Å². The van der Waals surface area contributed by atoms with Crippen LogP contribution in [0.25, 0.3) is 0 Å². The van der Waals surface area contributed by atoms with Crippen LogP contribution in [0, 0.1) is 17.8 Å². The van der Waals surface area contributed by atoms with Crippen molar-refractivity contribution < 1.29 is 28.7 Å². The molecule has 3 N–H and O–H groups in total. The summed E-state index contributed by atoms with van der Waals surface area (Å²) in [6, 6.07) is -3.13. The van der Waals surface area contributed by atoms with E-state index in [4.69, 9.17) is 27.9 Å². The molecule has 2 aliphatic carbocycles. The molecule has 228 valence electrons. The average Bonchev–Trinajstić information content (AvgIpc) is 3.23. The van der Waals surface area contributed by atoms with E-state index in [0.717, 1.165) is 32.1 Å². The van der Waals surface area contributed by atoms with Gasteiger partial charge in [-0.3, -0.25) is 19.2 Å². The van der Waals surface area contributed by atoms with E-state index in [0.29, 0.717) is 6.42 Å². The predicted octanol–water partition coefficient (Wildman–Crippen LogP) is 3.41.